The minimum Gasteiger partial charge on any atom is -0.379 e. The molecule has 1 aliphatic rings. The van der Waals surface area contributed by atoms with Crippen molar-refractivity contribution in [3.8, 4) is 0 Å². The number of hydrogen-bond donors (Lipinski definition) is 0. The van der Waals surface area contributed by atoms with E-state index in [0.29, 0.717) is 0 Å². The lowest BCUT2D eigenvalue weighted by Crippen LogP contribution is -2.43. The maximum absolute atomic E-state index is 5.82. The second kappa shape index (κ2) is 8.56. The first-order chi connectivity index (χ1) is 10.7. The van der Waals surface area contributed by atoms with Crippen LogP contribution in [0.4, 0.5) is 0 Å². The van der Waals surface area contributed by atoms with E-state index in [1.165, 1.54) is 0 Å². The highest BCUT2D eigenvalue weighted by Crippen LogP contribution is 2.21. The van der Waals surface area contributed by atoms with E-state index in [1.54, 1.807) is 0 Å². The summed E-state index contributed by atoms with van der Waals surface area (Å²) < 4.78 is 5.46. The van der Waals surface area contributed by atoms with Gasteiger partial charge in [0.1, 0.15) is 0 Å². The summed E-state index contributed by atoms with van der Waals surface area (Å²) in [5, 5.41) is 0. The maximum Gasteiger partial charge on any atom is 0.0883 e. The highest BCUT2D eigenvalue weighted by atomic mass is 32.1. The van der Waals surface area contributed by atoms with Gasteiger partial charge in [0.15, 0.2) is 0 Å². The largest absolute Gasteiger partial charge is 0.379 e. The third kappa shape index (κ3) is 4.48. The molecular weight excluding hydrogens is 294 g/mol. The Morgan fingerprint density at radius 1 is 1.32 bits per heavy atom. The van der Waals surface area contributed by atoms with Crippen molar-refractivity contribution >= 4 is 17.2 Å². The van der Waals surface area contributed by atoms with Crippen molar-refractivity contribution < 1.29 is 4.74 Å². The molecule has 0 amide bonds. The van der Waals surface area contributed by atoms with E-state index < -0.39 is 0 Å². The lowest BCUT2D eigenvalue weighted by molar-refractivity contribution is 0.0370. The standard InChI is InChI=1S/C17H27N3OS/c1-4-20(5-2)17(22)15(13-19-9-11-21-12-10-19)16-8-6-7-14(3)18-16/h6-8,15H,4-5,9-13H2,1-3H3. The molecule has 122 valence electrons. The van der Waals surface area contributed by atoms with Crippen LogP contribution in [-0.4, -0.2) is 65.7 Å². The topological polar surface area (TPSA) is 28.6 Å². The second-order valence-electron chi connectivity index (χ2n) is 5.68. The average molecular weight is 321 g/mol. The highest BCUT2D eigenvalue weighted by molar-refractivity contribution is 7.80. The molecule has 0 spiro atoms. The van der Waals surface area contributed by atoms with Gasteiger partial charge < -0.3 is 9.64 Å². The minimum absolute atomic E-state index is 0.174. The first-order valence-electron chi connectivity index (χ1n) is 8.18. The van der Waals surface area contributed by atoms with E-state index in [1.807, 2.05) is 13.0 Å². The van der Waals surface area contributed by atoms with E-state index in [9.17, 15) is 0 Å². The number of aromatic nitrogens is 1. The smallest absolute Gasteiger partial charge is 0.0883 e. The van der Waals surface area contributed by atoms with Gasteiger partial charge in [-0.25, -0.2) is 0 Å². The Labute approximate surface area is 139 Å². The van der Waals surface area contributed by atoms with E-state index >= 15 is 0 Å². The Morgan fingerprint density at radius 3 is 2.59 bits per heavy atom. The van der Waals surface area contributed by atoms with Gasteiger partial charge in [0.05, 0.1) is 29.8 Å². The van der Waals surface area contributed by atoms with Crippen LogP contribution in [-0.2, 0) is 4.74 Å². The molecule has 1 atom stereocenters. The fraction of sp³-hybridized carbons (Fsp3) is 0.647. The fourth-order valence-corrected chi connectivity index (χ4v) is 3.31. The Bertz CT molecular complexity index is 485. The van der Waals surface area contributed by atoms with Gasteiger partial charge in [0.25, 0.3) is 0 Å². The van der Waals surface area contributed by atoms with Gasteiger partial charge in [-0.15, -0.1) is 0 Å². The lowest BCUT2D eigenvalue weighted by Gasteiger charge is -2.34. The van der Waals surface area contributed by atoms with Crippen LogP contribution in [0.5, 0.6) is 0 Å². The fourth-order valence-electron chi connectivity index (χ4n) is 2.85. The molecule has 1 aromatic heterocycles. The van der Waals surface area contributed by atoms with Crippen molar-refractivity contribution in [3.05, 3.63) is 29.6 Å². The van der Waals surface area contributed by atoms with Crippen molar-refractivity contribution in [2.24, 2.45) is 0 Å². The quantitative estimate of drug-likeness (QED) is 0.751. The molecule has 0 saturated carbocycles. The van der Waals surface area contributed by atoms with E-state index in [0.717, 1.165) is 62.3 Å². The highest BCUT2D eigenvalue weighted by Gasteiger charge is 2.25. The van der Waals surface area contributed by atoms with Crippen molar-refractivity contribution in [2.75, 3.05) is 45.9 Å². The van der Waals surface area contributed by atoms with Crippen LogP contribution < -0.4 is 0 Å². The van der Waals surface area contributed by atoms with Crippen LogP contribution in [0.25, 0.3) is 0 Å². The van der Waals surface area contributed by atoms with Crippen LogP contribution in [0.3, 0.4) is 0 Å². The summed E-state index contributed by atoms with van der Waals surface area (Å²) in [4.78, 5) is 10.5. The number of pyridine rings is 1. The molecular formula is C17H27N3OS. The average Bonchev–Trinajstić information content (AvgIpc) is 2.54. The lowest BCUT2D eigenvalue weighted by atomic mass is 10.0. The van der Waals surface area contributed by atoms with Crippen LogP contribution >= 0.6 is 12.2 Å². The molecule has 5 heteroatoms. The number of rotatable bonds is 6. The number of thiocarbonyl (C=S) groups is 1. The molecule has 0 bridgehead atoms. The van der Waals surface area contributed by atoms with Gasteiger partial charge >= 0.3 is 0 Å². The first-order valence-corrected chi connectivity index (χ1v) is 8.59. The Kier molecular flexibility index (Phi) is 6.73. The molecule has 22 heavy (non-hydrogen) atoms. The summed E-state index contributed by atoms with van der Waals surface area (Å²) in [6, 6.07) is 6.22. The van der Waals surface area contributed by atoms with E-state index in [-0.39, 0.29) is 5.92 Å². The predicted octanol–water partition coefficient (Wildman–Crippen LogP) is 2.48. The monoisotopic (exact) mass is 321 g/mol. The van der Waals surface area contributed by atoms with Gasteiger partial charge in [-0.3, -0.25) is 9.88 Å². The van der Waals surface area contributed by atoms with Gasteiger partial charge in [0, 0.05) is 38.4 Å². The number of aryl methyl sites for hydroxylation is 1. The number of nitrogens with zero attached hydrogens (tertiary/aromatic N) is 3. The third-order valence-corrected chi connectivity index (χ3v) is 4.73. The Balaban J connectivity index is 2.21. The summed E-state index contributed by atoms with van der Waals surface area (Å²) in [5.74, 6) is 0.174. The molecule has 0 radical (unpaired) electrons. The molecule has 1 fully saturated rings. The molecule has 4 nitrogen and oxygen atoms in total. The summed E-state index contributed by atoms with van der Waals surface area (Å²) in [6.07, 6.45) is 0. The van der Waals surface area contributed by atoms with Gasteiger partial charge in [0.2, 0.25) is 0 Å². The molecule has 0 aliphatic carbocycles. The van der Waals surface area contributed by atoms with Crippen LogP contribution in [0.1, 0.15) is 31.2 Å². The van der Waals surface area contributed by atoms with Crippen molar-refractivity contribution in [2.45, 2.75) is 26.7 Å². The van der Waals surface area contributed by atoms with Crippen molar-refractivity contribution in [1.82, 2.24) is 14.8 Å². The van der Waals surface area contributed by atoms with Gasteiger partial charge in [-0.1, -0.05) is 18.3 Å². The molecule has 0 N–H and O–H groups in total. The Morgan fingerprint density at radius 2 is 2.00 bits per heavy atom. The van der Waals surface area contributed by atoms with Crippen molar-refractivity contribution in [3.63, 3.8) is 0 Å². The molecule has 1 saturated heterocycles. The number of likely N-dealkylation sites (N-methyl/N-ethyl adjacent to an activating group) is 1. The zero-order valence-electron chi connectivity index (χ0n) is 13.9. The van der Waals surface area contributed by atoms with Crippen LogP contribution in [0.2, 0.25) is 0 Å². The van der Waals surface area contributed by atoms with Crippen molar-refractivity contribution in [1.29, 1.82) is 0 Å². The zero-order chi connectivity index (χ0) is 15.9. The molecule has 1 aromatic rings. The maximum atomic E-state index is 5.82. The predicted molar refractivity (Wildman–Crippen MR) is 94.5 cm³/mol. The van der Waals surface area contributed by atoms with Crippen LogP contribution in [0, 0.1) is 6.92 Å². The summed E-state index contributed by atoms with van der Waals surface area (Å²) in [6.45, 7) is 12.7. The van der Waals surface area contributed by atoms with Gasteiger partial charge in [-0.2, -0.15) is 0 Å². The van der Waals surface area contributed by atoms with Crippen LogP contribution in [0.15, 0.2) is 18.2 Å². The summed E-state index contributed by atoms with van der Waals surface area (Å²) in [7, 11) is 0. The molecule has 2 heterocycles. The normalized spacial score (nSPS) is 17.2. The number of hydrogen-bond acceptors (Lipinski definition) is 4. The SMILES string of the molecule is CCN(CC)C(=S)C(CN1CCOCC1)c1cccc(C)n1. The number of morpholine rings is 1. The summed E-state index contributed by atoms with van der Waals surface area (Å²) in [5.41, 5.74) is 2.13. The minimum atomic E-state index is 0.174. The van der Waals surface area contributed by atoms with E-state index in [4.69, 9.17) is 21.9 Å². The molecule has 2 rings (SSSR count). The molecule has 0 aromatic carbocycles. The second-order valence-corrected chi connectivity index (χ2v) is 6.10. The summed E-state index contributed by atoms with van der Waals surface area (Å²) >= 11 is 5.82. The third-order valence-electron chi connectivity index (χ3n) is 4.18. The van der Waals surface area contributed by atoms with E-state index in [2.05, 4.69) is 35.8 Å². The Hall–Kier alpha value is -1.04. The molecule has 1 aliphatic heterocycles. The zero-order valence-corrected chi connectivity index (χ0v) is 14.7. The number of ether oxygens (including phenoxy) is 1. The first kappa shape index (κ1) is 17.3. The van der Waals surface area contributed by atoms with Gasteiger partial charge in [-0.05, 0) is 32.9 Å². The molecule has 1 unspecified atom stereocenters.